The predicted octanol–water partition coefficient (Wildman–Crippen LogP) is 1.67. The van der Waals surface area contributed by atoms with Gasteiger partial charge in [-0.2, -0.15) is 5.10 Å². The summed E-state index contributed by atoms with van der Waals surface area (Å²) in [5.74, 6) is 0.128. The lowest BCUT2D eigenvalue weighted by Crippen LogP contribution is -2.35. The van der Waals surface area contributed by atoms with Crippen molar-refractivity contribution in [2.75, 3.05) is 31.1 Å². The van der Waals surface area contributed by atoms with Gasteiger partial charge in [-0.1, -0.05) is 18.2 Å². The van der Waals surface area contributed by atoms with Gasteiger partial charge in [0.2, 0.25) is 5.91 Å². The van der Waals surface area contributed by atoms with Gasteiger partial charge in [0.05, 0.1) is 12.2 Å². The van der Waals surface area contributed by atoms with Crippen molar-refractivity contribution in [3.05, 3.63) is 47.8 Å². The molecule has 0 aliphatic carbocycles. The number of carbonyl (C=O) groups excluding carboxylic acids is 1. The molecule has 0 radical (unpaired) electrons. The fraction of sp³-hybridized carbons (Fsp3) is 0.474. The quantitative estimate of drug-likeness (QED) is 0.868. The number of likely N-dealkylation sites (tertiary alicyclic amines) is 1. The van der Waals surface area contributed by atoms with Crippen molar-refractivity contribution in [3.63, 3.8) is 0 Å². The van der Waals surface area contributed by atoms with E-state index in [9.17, 15) is 9.90 Å². The highest BCUT2D eigenvalue weighted by molar-refractivity contribution is 5.76. The van der Waals surface area contributed by atoms with E-state index in [0.717, 1.165) is 25.9 Å². The third kappa shape index (κ3) is 3.14. The van der Waals surface area contributed by atoms with Gasteiger partial charge in [-0.25, -0.2) is 0 Å². The van der Waals surface area contributed by atoms with Crippen LogP contribution in [0.1, 0.15) is 30.5 Å². The van der Waals surface area contributed by atoms with E-state index >= 15 is 0 Å². The fourth-order valence-corrected chi connectivity index (χ4v) is 3.96. The number of amides is 1. The van der Waals surface area contributed by atoms with Crippen LogP contribution in [0.3, 0.4) is 0 Å². The van der Waals surface area contributed by atoms with Crippen LogP contribution in [-0.2, 0) is 16.8 Å². The normalized spacial score (nSPS) is 22.4. The Hall–Kier alpha value is -2.34. The molecule has 4 rings (SSSR count). The summed E-state index contributed by atoms with van der Waals surface area (Å²) in [6, 6.07) is 10.3. The van der Waals surface area contributed by atoms with Crippen LogP contribution in [0.5, 0.6) is 0 Å². The maximum Gasteiger partial charge on any atom is 0.222 e. The number of para-hydroxylation sites is 1. The second-order valence-electron chi connectivity index (χ2n) is 7.04. The summed E-state index contributed by atoms with van der Waals surface area (Å²) in [5, 5.41) is 17.4. The first-order valence-corrected chi connectivity index (χ1v) is 8.99. The predicted molar refractivity (Wildman–Crippen MR) is 95.3 cm³/mol. The summed E-state index contributed by atoms with van der Waals surface area (Å²) in [6.07, 6.45) is 4.64. The van der Waals surface area contributed by atoms with E-state index in [2.05, 4.69) is 39.4 Å². The molecule has 2 aliphatic heterocycles. The Morgan fingerprint density at radius 1 is 1.28 bits per heavy atom. The van der Waals surface area contributed by atoms with Crippen molar-refractivity contribution in [3.8, 4) is 0 Å². The van der Waals surface area contributed by atoms with Gasteiger partial charge in [-0.3, -0.25) is 9.89 Å². The number of hydrogen-bond acceptors (Lipinski definition) is 4. The molecule has 3 heterocycles. The third-order valence-corrected chi connectivity index (χ3v) is 5.40. The number of aliphatic hydroxyl groups is 1. The van der Waals surface area contributed by atoms with E-state index < -0.39 is 5.60 Å². The summed E-state index contributed by atoms with van der Waals surface area (Å²) < 4.78 is 0. The first kappa shape index (κ1) is 16.1. The van der Waals surface area contributed by atoms with Crippen molar-refractivity contribution in [1.82, 2.24) is 15.1 Å². The molecule has 6 heteroatoms. The molecule has 25 heavy (non-hydrogen) atoms. The molecule has 6 nitrogen and oxygen atoms in total. The summed E-state index contributed by atoms with van der Waals surface area (Å²) in [6.45, 7) is 2.89. The van der Waals surface area contributed by atoms with Crippen molar-refractivity contribution in [1.29, 1.82) is 0 Å². The van der Waals surface area contributed by atoms with Crippen molar-refractivity contribution in [2.45, 2.75) is 31.3 Å². The highest BCUT2D eigenvalue weighted by atomic mass is 16.3. The van der Waals surface area contributed by atoms with Gasteiger partial charge < -0.3 is 14.9 Å². The molecular weight excluding hydrogens is 316 g/mol. The van der Waals surface area contributed by atoms with Crippen LogP contribution in [0.2, 0.25) is 0 Å². The molecule has 0 saturated carbocycles. The largest absolute Gasteiger partial charge is 0.382 e. The van der Waals surface area contributed by atoms with Crippen molar-refractivity contribution >= 4 is 11.6 Å². The zero-order valence-electron chi connectivity index (χ0n) is 14.3. The number of nitrogens with zero attached hydrogens (tertiary/aromatic N) is 3. The number of carbonyl (C=O) groups is 1. The van der Waals surface area contributed by atoms with E-state index in [0.29, 0.717) is 31.6 Å². The summed E-state index contributed by atoms with van der Waals surface area (Å²) in [5.41, 5.74) is 2.42. The van der Waals surface area contributed by atoms with Crippen molar-refractivity contribution in [2.24, 2.45) is 0 Å². The van der Waals surface area contributed by atoms with Gasteiger partial charge in [0.25, 0.3) is 0 Å². The van der Waals surface area contributed by atoms with Gasteiger partial charge in [-0.05, 0) is 30.5 Å². The summed E-state index contributed by atoms with van der Waals surface area (Å²) in [4.78, 5) is 16.6. The van der Waals surface area contributed by atoms with E-state index in [-0.39, 0.29) is 5.91 Å². The molecule has 1 aromatic heterocycles. The average molecular weight is 340 g/mol. The summed E-state index contributed by atoms with van der Waals surface area (Å²) in [7, 11) is 0. The zero-order valence-corrected chi connectivity index (χ0v) is 14.3. The second-order valence-corrected chi connectivity index (χ2v) is 7.04. The van der Waals surface area contributed by atoms with Crippen molar-refractivity contribution < 1.29 is 9.90 Å². The van der Waals surface area contributed by atoms with Gasteiger partial charge in [0.1, 0.15) is 5.60 Å². The van der Waals surface area contributed by atoms with Crippen LogP contribution < -0.4 is 4.90 Å². The lowest BCUT2D eigenvalue weighted by Gasteiger charge is -2.23. The number of H-pyrrole nitrogens is 1. The third-order valence-electron chi connectivity index (χ3n) is 5.40. The maximum atomic E-state index is 12.5. The summed E-state index contributed by atoms with van der Waals surface area (Å²) >= 11 is 0. The number of rotatable bonds is 5. The monoisotopic (exact) mass is 340 g/mol. The van der Waals surface area contributed by atoms with E-state index in [1.807, 2.05) is 0 Å². The first-order valence-electron chi connectivity index (χ1n) is 8.99. The standard InChI is InChI=1S/C19H24N4O2/c24-18(23-13-9-19(25,14-23)17-7-10-20-21-17)6-3-11-22-12-8-15-4-1-2-5-16(15)22/h1-2,4-5,7,10,25H,3,6,8-9,11-14H2,(H,20,21). The number of aromatic amines is 1. The highest BCUT2D eigenvalue weighted by Crippen LogP contribution is 2.31. The minimum Gasteiger partial charge on any atom is -0.382 e. The Labute approximate surface area is 147 Å². The minimum absolute atomic E-state index is 0.128. The SMILES string of the molecule is O=C(CCCN1CCc2ccccc21)N1CCC(O)(c2ccn[nH]2)C1. The van der Waals surface area contributed by atoms with E-state index in [1.54, 1.807) is 17.2 Å². The Balaban J connectivity index is 1.28. The number of anilines is 1. The number of nitrogens with one attached hydrogen (secondary N) is 1. The minimum atomic E-state index is -0.986. The van der Waals surface area contributed by atoms with Crippen LogP contribution in [0.15, 0.2) is 36.5 Å². The number of β-amino-alcohol motifs (C(OH)–C–C–N with tert-alkyl or cyclic N) is 1. The van der Waals surface area contributed by atoms with E-state index in [4.69, 9.17) is 0 Å². The molecule has 1 fully saturated rings. The Bertz CT molecular complexity index is 746. The molecule has 1 aromatic carbocycles. The number of benzene rings is 1. The molecule has 2 N–H and O–H groups in total. The van der Waals surface area contributed by atoms with Gasteiger partial charge >= 0.3 is 0 Å². The van der Waals surface area contributed by atoms with E-state index in [1.165, 1.54) is 11.3 Å². The number of fused-ring (bicyclic) bond motifs is 1. The van der Waals surface area contributed by atoms with Crippen LogP contribution in [0, 0.1) is 0 Å². The van der Waals surface area contributed by atoms with Crippen LogP contribution in [0.4, 0.5) is 5.69 Å². The average Bonchev–Trinajstić information content (AvgIpc) is 3.35. The number of aromatic nitrogens is 2. The number of hydrogen-bond donors (Lipinski definition) is 2. The molecule has 132 valence electrons. The molecule has 1 unspecified atom stereocenters. The zero-order chi connectivity index (χ0) is 17.3. The van der Waals surface area contributed by atoms with Crippen LogP contribution >= 0.6 is 0 Å². The lowest BCUT2D eigenvalue weighted by atomic mass is 9.99. The second kappa shape index (κ2) is 6.52. The molecule has 1 saturated heterocycles. The van der Waals surface area contributed by atoms with Gasteiger partial charge in [0, 0.05) is 44.4 Å². The highest BCUT2D eigenvalue weighted by Gasteiger charge is 2.40. The maximum absolute atomic E-state index is 12.5. The molecule has 1 atom stereocenters. The first-order chi connectivity index (χ1) is 12.2. The molecule has 2 aromatic rings. The Kier molecular flexibility index (Phi) is 4.21. The molecule has 0 bridgehead atoms. The van der Waals surface area contributed by atoms with Gasteiger partial charge in [-0.15, -0.1) is 0 Å². The topological polar surface area (TPSA) is 72.5 Å². The molecule has 0 spiro atoms. The Morgan fingerprint density at radius 2 is 2.16 bits per heavy atom. The lowest BCUT2D eigenvalue weighted by molar-refractivity contribution is -0.131. The molecule has 1 amide bonds. The smallest absolute Gasteiger partial charge is 0.222 e. The van der Waals surface area contributed by atoms with Gasteiger partial charge in [0.15, 0.2) is 0 Å². The Morgan fingerprint density at radius 3 is 3.00 bits per heavy atom. The fourth-order valence-electron chi connectivity index (χ4n) is 3.96. The molecule has 2 aliphatic rings. The van der Waals surface area contributed by atoms with Crippen LogP contribution in [0.25, 0.3) is 0 Å². The molecular formula is C19H24N4O2. The van der Waals surface area contributed by atoms with Crippen LogP contribution in [-0.4, -0.2) is 52.3 Å².